The average Bonchev–Trinajstić information content (AvgIpc) is 2.98. The van der Waals surface area contributed by atoms with Crippen molar-refractivity contribution in [1.29, 1.82) is 0 Å². The van der Waals surface area contributed by atoms with Gasteiger partial charge in [0.15, 0.2) is 0 Å². The van der Waals surface area contributed by atoms with Crippen molar-refractivity contribution in [3.8, 4) is 5.75 Å². The summed E-state index contributed by atoms with van der Waals surface area (Å²) in [5.41, 5.74) is 7.78. The second-order valence-electron chi connectivity index (χ2n) is 7.25. The van der Waals surface area contributed by atoms with E-state index in [0.717, 1.165) is 43.7 Å². The van der Waals surface area contributed by atoms with E-state index in [-0.39, 0.29) is 11.9 Å². The van der Waals surface area contributed by atoms with Crippen molar-refractivity contribution in [2.24, 2.45) is 5.73 Å². The Kier molecular flexibility index (Phi) is 6.28. The minimum absolute atomic E-state index is 0.100. The number of fused-ring (bicyclic) bond motifs is 1. The van der Waals surface area contributed by atoms with Gasteiger partial charge in [-0.25, -0.2) is 4.39 Å². The molecule has 0 aromatic heterocycles. The molecule has 0 saturated carbocycles. The lowest BCUT2D eigenvalue weighted by Gasteiger charge is -2.32. The molecule has 0 radical (unpaired) electrons. The molecule has 1 unspecified atom stereocenters. The van der Waals surface area contributed by atoms with E-state index < -0.39 is 0 Å². The Hall–Kier alpha value is -1.21. The van der Waals surface area contributed by atoms with E-state index in [1.54, 1.807) is 7.11 Å². The van der Waals surface area contributed by atoms with Crippen molar-refractivity contribution < 1.29 is 9.13 Å². The molecule has 5 nitrogen and oxygen atoms in total. The van der Waals surface area contributed by atoms with Crippen LogP contribution in [0, 0.1) is 5.82 Å². The normalized spacial score (nSPS) is 22.3. The third-order valence-corrected chi connectivity index (χ3v) is 5.59. The number of halogens is 1. The van der Waals surface area contributed by atoms with Gasteiger partial charge >= 0.3 is 0 Å². The number of ether oxygens (including phenoxy) is 1. The van der Waals surface area contributed by atoms with Crippen LogP contribution < -0.4 is 10.5 Å². The van der Waals surface area contributed by atoms with Gasteiger partial charge in [-0.3, -0.25) is 4.90 Å². The van der Waals surface area contributed by atoms with Crippen LogP contribution in [-0.4, -0.2) is 74.7 Å². The molecule has 0 spiro atoms. The van der Waals surface area contributed by atoms with Gasteiger partial charge in [-0.15, -0.1) is 0 Å². The molecule has 25 heavy (non-hydrogen) atoms. The van der Waals surface area contributed by atoms with Gasteiger partial charge < -0.3 is 20.3 Å². The van der Waals surface area contributed by atoms with Crippen molar-refractivity contribution in [3.05, 3.63) is 29.1 Å². The van der Waals surface area contributed by atoms with Gasteiger partial charge in [0.05, 0.1) is 7.11 Å². The number of methoxy groups -OCH3 is 1. The standard InChI is InChI=1S/C19H31FN4O/c1-22-7-9-23(10-8-22)5-3-4-6-24-14-17-16(19(24)13-21)11-15(25-2)12-18(17)20/h11-12,19H,3-10,13-14,21H2,1-2H3. The topological polar surface area (TPSA) is 45.0 Å². The van der Waals surface area contributed by atoms with Crippen LogP contribution in [0.2, 0.25) is 0 Å². The SMILES string of the molecule is COc1cc(F)c2c(c1)C(CN)N(CCCCN1CCN(C)CC1)C2. The highest BCUT2D eigenvalue weighted by Crippen LogP contribution is 2.37. The zero-order valence-electron chi connectivity index (χ0n) is 15.5. The molecule has 2 N–H and O–H groups in total. The van der Waals surface area contributed by atoms with Gasteiger partial charge in [0.25, 0.3) is 0 Å². The summed E-state index contributed by atoms with van der Waals surface area (Å²) in [6.07, 6.45) is 2.30. The molecular weight excluding hydrogens is 319 g/mol. The zero-order chi connectivity index (χ0) is 17.8. The second kappa shape index (κ2) is 8.45. The largest absolute Gasteiger partial charge is 0.497 e. The molecule has 2 aliphatic heterocycles. The number of rotatable bonds is 7. The van der Waals surface area contributed by atoms with Crippen molar-refractivity contribution in [3.63, 3.8) is 0 Å². The molecule has 2 heterocycles. The molecule has 1 saturated heterocycles. The number of piperazine rings is 1. The van der Waals surface area contributed by atoms with E-state index >= 15 is 0 Å². The van der Waals surface area contributed by atoms with E-state index in [9.17, 15) is 4.39 Å². The maximum atomic E-state index is 14.3. The molecule has 140 valence electrons. The first kappa shape index (κ1) is 18.6. The fourth-order valence-electron chi connectivity index (χ4n) is 3.96. The highest BCUT2D eigenvalue weighted by molar-refractivity contribution is 5.41. The van der Waals surface area contributed by atoms with E-state index in [1.807, 2.05) is 6.07 Å². The third-order valence-electron chi connectivity index (χ3n) is 5.59. The quantitative estimate of drug-likeness (QED) is 0.758. The Morgan fingerprint density at radius 3 is 2.56 bits per heavy atom. The van der Waals surface area contributed by atoms with Gasteiger partial charge in [0.2, 0.25) is 0 Å². The molecule has 1 fully saturated rings. The summed E-state index contributed by atoms with van der Waals surface area (Å²) < 4.78 is 19.5. The van der Waals surface area contributed by atoms with Crippen LogP contribution >= 0.6 is 0 Å². The first-order valence-corrected chi connectivity index (χ1v) is 9.33. The van der Waals surface area contributed by atoms with Gasteiger partial charge in [0.1, 0.15) is 11.6 Å². The number of benzene rings is 1. The van der Waals surface area contributed by atoms with Crippen LogP contribution in [-0.2, 0) is 6.54 Å². The third kappa shape index (κ3) is 4.31. The smallest absolute Gasteiger partial charge is 0.131 e. The first-order chi connectivity index (χ1) is 12.1. The minimum atomic E-state index is -0.173. The predicted octanol–water partition coefficient (Wildman–Crippen LogP) is 1.68. The van der Waals surface area contributed by atoms with E-state index in [2.05, 4.69) is 21.7 Å². The van der Waals surface area contributed by atoms with E-state index in [4.69, 9.17) is 10.5 Å². The fraction of sp³-hybridized carbons (Fsp3) is 0.684. The molecule has 3 rings (SSSR count). The second-order valence-corrected chi connectivity index (χ2v) is 7.25. The molecule has 0 bridgehead atoms. The van der Waals surface area contributed by atoms with E-state index in [0.29, 0.717) is 18.8 Å². The summed E-state index contributed by atoms with van der Waals surface area (Å²) in [6.45, 7) is 7.95. The number of hydrogen-bond donors (Lipinski definition) is 1. The number of likely N-dealkylation sites (N-methyl/N-ethyl adjacent to an activating group) is 1. The van der Waals surface area contributed by atoms with Crippen LogP contribution in [0.4, 0.5) is 4.39 Å². The van der Waals surface area contributed by atoms with Crippen LogP contribution in [0.3, 0.4) is 0 Å². The van der Waals surface area contributed by atoms with Crippen LogP contribution in [0.1, 0.15) is 30.0 Å². The zero-order valence-corrected chi connectivity index (χ0v) is 15.5. The van der Waals surface area contributed by atoms with Crippen molar-refractivity contribution in [2.75, 3.05) is 60.0 Å². The van der Waals surface area contributed by atoms with E-state index in [1.165, 1.54) is 25.6 Å². The highest BCUT2D eigenvalue weighted by Gasteiger charge is 2.31. The average molecular weight is 350 g/mol. The van der Waals surface area contributed by atoms with Crippen LogP contribution in [0.5, 0.6) is 5.75 Å². The molecule has 0 amide bonds. The lowest BCUT2D eigenvalue weighted by Crippen LogP contribution is -2.44. The van der Waals surface area contributed by atoms with Gasteiger partial charge in [-0.2, -0.15) is 0 Å². The molecule has 1 aromatic carbocycles. The Bertz CT molecular complexity index is 575. The predicted molar refractivity (Wildman–Crippen MR) is 98.3 cm³/mol. The molecular formula is C19H31FN4O. The lowest BCUT2D eigenvalue weighted by atomic mass is 10.0. The van der Waals surface area contributed by atoms with Crippen LogP contribution in [0.25, 0.3) is 0 Å². The van der Waals surface area contributed by atoms with Gasteiger partial charge in [-0.05, 0) is 44.6 Å². The van der Waals surface area contributed by atoms with Crippen molar-refractivity contribution in [1.82, 2.24) is 14.7 Å². The molecule has 1 atom stereocenters. The summed E-state index contributed by atoms with van der Waals surface area (Å²) in [4.78, 5) is 7.24. The maximum absolute atomic E-state index is 14.3. The van der Waals surface area contributed by atoms with Gasteiger partial charge in [-0.1, -0.05) is 0 Å². The Morgan fingerprint density at radius 1 is 1.16 bits per heavy atom. The first-order valence-electron chi connectivity index (χ1n) is 9.33. The molecule has 1 aromatic rings. The Morgan fingerprint density at radius 2 is 1.88 bits per heavy atom. The molecule has 0 aliphatic carbocycles. The summed E-state index contributed by atoms with van der Waals surface area (Å²) >= 11 is 0. The Labute approximate surface area is 150 Å². The number of unbranched alkanes of at least 4 members (excludes halogenated alkanes) is 1. The monoisotopic (exact) mass is 350 g/mol. The maximum Gasteiger partial charge on any atom is 0.131 e. The number of nitrogens with zero attached hydrogens (tertiary/aromatic N) is 3. The Balaban J connectivity index is 1.51. The van der Waals surface area contributed by atoms with Crippen molar-refractivity contribution in [2.45, 2.75) is 25.4 Å². The fourth-order valence-corrected chi connectivity index (χ4v) is 3.96. The minimum Gasteiger partial charge on any atom is -0.497 e. The highest BCUT2D eigenvalue weighted by atomic mass is 19.1. The molecule has 6 heteroatoms. The van der Waals surface area contributed by atoms with Crippen LogP contribution in [0.15, 0.2) is 12.1 Å². The summed E-state index contributed by atoms with van der Waals surface area (Å²) in [5, 5.41) is 0. The summed E-state index contributed by atoms with van der Waals surface area (Å²) in [7, 11) is 3.76. The summed E-state index contributed by atoms with van der Waals surface area (Å²) in [6, 6.07) is 3.52. The van der Waals surface area contributed by atoms with Crippen molar-refractivity contribution >= 4 is 0 Å². The van der Waals surface area contributed by atoms with Gasteiger partial charge in [0, 0.05) is 56.9 Å². The summed E-state index contributed by atoms with van der Waals surface area (Å²) in [5.74, 6) is 0.402. The molecule has 2 aliphatic rings. The number of nitrogens with two attached hydrogens (primary N) is 1. The number of hydrogen-bond acceptors (Lipinski definition) is 5. The lowest BCUT2D eigenvalue weighted by molar-refractivity contribution is 0.147.